The number of hydrogen-bond donors (Lipinski definition) is 0. The number of benzene rings is 1. The monoisotopic (exact) mass is 335 g/mol. The van der Waals surface area contributed by atoms with E-state index < -0.39 is 10.0 Å². The van der Waals surface area contributed by atoms with Crippen molar-refractivity contribution in [2.24, 2.45) is 0 Å². The van der Waals surface area contributed by atoms with Crippen LogP contribution in [0.3, 0.4) is 0 Å². The summed E-state index contributed by atoms with van der Waals surface area (Å²) in [4.78, 5) is 0.363. The topological polar surface area (TPSA) is 46.6 Å². The Labute approximate surface area is 117 Å². The Kier molecular flexibility index (Phi) is 6.28. The highest BCUT2D eigenvalue weighted by atomic mass is 79.9. The number of nitrogens with zero attached hydrogens (tertiary/aromatic N) is 1. The van der Waals surface area contributed by atoms with Crippen molar-refractivity contribution in [1.29, 1.82) is 0 Å². The largest absolute Gasteiger partial charge is 0.383 e. The molecule has 0 fully saturated rings. The van der Waals surface area contributed by atoms with E-state index in [1.165, 1.54) is 4.31 Å². The third-order valence-electron chi connectivity index (χ3n) is 2.59. The molecule has 1 rings (SSSR count). The predicted octanol–water partition coefficient (Wildman–Crippen LogP) is 2.03. The van der Waals surface area contributed by atoms with Crippen LogP contribution in [-0.2, 0) is 14.8 Å². The maximum Gasteiger partial charge on any atom is 0.243 e. The Hall–Kier alpha value is -0.430. The zero-order valence-corrected chi connectivity index (χ0v) is 13.0. The van der Waals surface area contributed by atoms with E-state index in [9.17, 15) is 8.42 Å². The van der Waals surface area contributed by atoms with Gasteiger partial charge in [-0.05, 0) is 18.6 Å². The summed E-state index contributed by atoms with van der Waals surface area (Å²) in [7, 11) is -1.88. The molecule has 0 unspecified atom stereocenters. The molecule has 0 aromatic heterocycles. The van der Waals surface area contributed by atoms with Gasteiger partial charge in [-0.2, -0.15) is 4.31 Å². The fraction of sp³-hybridized carbons (Fsp3) is 0.500. The van der Waals surface area contributed by atoms with E-state index >= 15 is 0 Å². The summed E-state index contributed by atoms with van der Waals surface area (Å²) in [5, 5.41) is 0.599. The fourth-order valence-electron chi connectivity index (χ4n) is 1.62. The number of ether oxygens (including phenoxy) is 1. The number of halogens is 1. The van der Waals surface area contributed by atoms with E-state index in [4.69, 9.17) is 4.74 Å². The highest BCUT2D eigenvalue weighted by Gasteiger charge is 2.24. The molecule has 102 valence electrons. The molecular formula is C12H18BrNO3S. The van der Waals surface area contributed by atoms with E-state index in [-0.39, 0.29) is 0 Å². The Morgan fingerprint density at radius 1 is 1.28 bits per heavy atom. The first-order valence-electron chi connectivity index (χ1n) is 5.64. The van der Waals surface area contributed by atoms with Gasteiger partial charge in [-0.25, -0.2) is 8.42 Å². The molecule has 6 heteroatoms. The predicted molar refractivity (Wildman–Crippen MR) is 75.6 cm³/mol. The summed E-state index contributed by atoms with van der Waals surface area (Å²) < 4.78 is 31.4. The van der Waals surface area contributed by atoms with Crippen LogP contribution in [0, 0.1) is 6.92 Å². The maximum atomic E-state index is 12.5. The van der Waals surface area contributed by atoms with Crippen LogP contribution < -0.4 is 0 Å². The Morgan fingerprint density at radius 3 is 2.50 bits per heavy atom. The van der Waals surface area contributed by atoms with E-state index in [1.54, 1.807) is 32.2 Å². The lowest BCUT2D eigenvalue weighted by Crippen LogP contribution is -2.35. The summed E-state index contributed by atoms with van der Waals surface area (Å²) in [5.41, 5.74) is 0.759. The normalized spacial score (nSPS) is 12.0. The number of rotatable bonds is 7. The number of alkyl halides is 1. The first kappa shape index (κ1) is 15.6. The lowest BCUT2D eigenvalue weighted by atomic mass is 10.2. The highest BCUT2D eigenvalue weighted by Crippen LogP contribution is 2.19. The van der Waals surface area contributed by atoms with Crippen LogP contribution in [0.25, 0.3) is 0 Å². The van der Waals surface area contributed by atoms with Gasteiger partial charge in [-0.3, -0.25) is 0 Å². The molecule has 0 bridgehead atoms. The van der Waals surface area contributed by atoms with Gasteiger partial charge in [0, 0.05) is 25.5 Å². The average Bonchev–Trinajstić information content (AvgIpc) is 2.34. The quantitative estimate of drug-likeness (QED) is 0.716. The van der Waals surface area contributed by atoms with Gasteiger partial charge in [0.2, 0.25) is 10.0 Å². The molecule has 0 radical (unpaired) electrons. The van der Waals surface area contributed by atoms with Crippen LogP contribution in [0.4, 0.5) is 0 Å². The second-order valence-corrected chi connectivity index (χ2v) is 6.55. The molecule has 0 saturated heterocycles. The molecule has 18 heavy (non-hydrogen) atoms. The Morgan fingerprint density at radius 2 is 1.94 bits per heavy atom. The van der Waals surface area contributed by atoms with Crippen LogP contribution in [0.5, 0.6) is 0 Å². The van der Waals surface area contributed by atoms with Crippen molar-refractivity contribution in [3.63, 3.8) is 0 Å². The van der Waals surface area contributed by atoms with Gasteiger partial charge in [0.05, 0.1) is 11.5 Å². The molecule has 0 aliphatic heterocycles. The molecule has 1 aromatic carbocycles. The minimum absolute atomic E-state index is 0.360. The zero-order chi connectivity index (χ0) is 13.6. The summed E-state index contributed by atoms with van der Waals surface area (Å²) in [5.74, 6) is 0. The first-order valence-corrected chi connectivity index (χ1v) is 8.21. The van der Waals surface area contributed by atoms with Crippen molar-refractivity contribution in [1.82, 2.24) is 4.31 Å². The number of hydrogen-bond acceptors (Lipinski definition) is 3. The van der Waals surface area contributed by atoms with E-state index in [0.29, 0.717) is 29.9 Å². The standard InChI is InChI=1S/C12H18BrNO3S/c1-11-5-3-4-6-12(11)18(15,16)14(8-7-13)9-10-17-2/h3-6H,7-10H2,1-2H3. The molecule has 0 amide bonds. The third-order valence-corrected chi connectivity index (χ3v) is 5.00. The summed E-state index contributed by atoms with van der Waals surface area (Å²) in [6, 6.07) is 7.01. The minimum atomic E-state index is -3.44. The van der Waals surface area contributed by atoms with Gasteiger partial charge in [-0.1, -0.05) is 34.1 Å². The summed E-state index contributed by atoms with van der Waals surface area (Å²) in [6.45, 7) is 2.98. The van der Waals surface area contributed by atoms with Crippen molar-refractivity contribution in [3.8, 4) is 0 Å². The second-order valence-electron chi connectivity index (χ2n) is 3.85. The molecule has 0 aliphatic carbocycles. The van der Waals surface area contributed by atoms with Crippen molar-refractivity contribution < 1.29 is 13.2 Å². The molecule has 0 saturated carbocycles. The summed E-state index contributed by atoms with van der Waals surface area (Å²) >= 11 is 3.28. The molecule has 0 aliphatic rings. The smallest absolute Gasteiger partial charge is 0.243 e. The highest BCUT2D eigenvalue weighted by molar-refractivity contribution is 9.09. The van der Waals surface area contributed by atoms with Crippen LogP contribution in [0.1, 0.15) is 5.56 Å². The van der Waals surface area contributed by atoms with Gasteiger partial charge < -0.3 is 4.74 Å². The molecule has 0 atom stereocenters. The van der Waals surface area contributed by atoms with Gasteiger partial charge in [0.15, 0.2) is 0 Å². The number of methoxy groups -OCH3 is 1. The first-order chi connectivity index (χ1) is 8.54. The average molecular weight is 336 g/mol. The summed E-state index contributed by atoms with van der Waals surface area (Å²) in [6.07, 6.45) is 0. The Balaban J connectivity index is 3.05. The van der Waals surface area contributed by atoms with Crippen molar-refractivity contribution in [2.75, 3.05) is 32.1 Å². The lowest BCUT2D eigenvalue weighted by molar-refractivity contribution is 0.180. The van der Waals surface area contributed by atoms with Crippen molar-refractivity contribution in [2.45, 2.75) is 11.8 Å². The lowest BCUT2D eigenvalue weighted by Gasteiger charge is -2.21. The number of sulfonamides is 1. The van der Waals surface area contributed by atoms with E-state index in [2.05, 4.69) is 15.9 Å². The molecule has 0 spiro atoms. The van der Waals surface area contributed by atoms with Gasteiger partial charge in [0.1, 0.15) is 0 Å². The molecule has 0 heterocycles. The fourth-order valence-corrected chi connectivity index (χ4v) is 3.94. The van der Waals surface area contributed by atoms with Crippen molar-refractivity contribution >= 4 is 26.0 Å². The van der Waals surface area contributed by atoms with Gasteiger partial charge >= 0.3 is 0 Å². The van der Waals surface area contributed by atoms with Crippen LogP contribution in [-0.4, -0.2) is 44.9 Å². The van der Waals surface area contributed by atoms with E-state index in [1.807, 2.05) is 6.07 Å². The zero-order valence-electron chi connectivity index (χ0n) is 10.6. The maximum absolute atomic E-state index is 12.5. The molecule has 1 aromatic rings. The van der Waals surface area contributed by atoms with Gasteiger partial charge in [-0.15, -0.1) is 0 Å². The third kappa shape index (κ3) is 3.78. The van der Waals surface area contributed by atoms with Crippen LogP contribution >= 0.6 is 15.9 Å². The Bertz CT molecular complexity index is 476. The minimum Gasteiger partial charge on any atom is -0.383 e. The molecule has 4 nitrogen and oxygen atoms in total. The van der Waals surface area contributed by atoms with Crippen LogP contribution in [0.2, 0.25) is 0 Å². The second kappa shape index (κ2) is 7.23. The van der Waals surface area contributed by atoms with Crippen LogP contribution in [0.15, 0.2) is 29.2 Å². The van der Waals surface area contributed by atoms with Crippen molar-refractivity contribution in [3.05, 3.63) is 29.8 Å². The molecule has 0 N–H and O–H groups in total. The van der Waals surface area contributed by atoms with E-state index in [0.717, 1.165) is 5.56 Å². The molecular weight excluding hydrogens is 318 g/mol. The van der Waals surface area contributed by atoms with Gasteiger partial charge in [0.25, 0.3) is 0 Å². The number of aryl methyl sites for hydroxylation is 1. The SMILES string of the molecule is COCCN(CCBr)S(=O)(=O)c1ccccc1C.